The van der Waals surface area contributed by atoms with Crippen molar-refractivity contribution in [3.63, 3.8) is 0 Å². The summed E-state index contributed by atoms with van der Waals surface area (Å²) in [4.78, 5) is 21.0. The van der Waals surface area contributed by atoms with Crippen LogP contribution in [-0.2, 0) is 0 Å². The number of hydrogen-bond acceptors (Lipinski definition) is 3. The third-order valence-electron chi connectivity index (χ3n) is 3.77. The highest BCUT2D eigenvalue weighted by atomic mass is 16.1. The third-order valence-corrected chi connectivity index (χ3v) is 3.77. The van der Waals surface area contributed by atoms with Crippen molar-refractivity contribution in [2.75, 3.05) is 0 Å². The molecule has 1 aromatic carbocycles. The molecule has 5 heteroatoms. The third kappa shape index (κ3) is 2.42. The second-order valence-electron chi connectivity index (χ2n) is 5.45. The lowest BCUT2D eigenvalue weighted by molar-refractivity contribution is 0.904. The molecule has 0 bridgehead atoms. The van der Waals surface area contributed by atoms with Gasteiger partial charge in [0, 0.05) is 30.1 Å². The van der Waals surface area contributed by atoms with Gasteiger partial charge in [-0.3, -0.25) is 14.9 Å². The summed E-state index contributed by atoms with van der Waals surface area (Å²) in [7, 11) is 0. The molecule has 0 unspecified atom stereocenters. The zero-order valence-corrected chi connectivity index (χ0v) is 12.5. The molecular formula is C18H14N4O. The van der Waals surface area contributed by atoms with E-state index in [9.17, 15) is 4.79 Å². The number of benzene rings is 1. The Balaban J connectivity index is 1.87. The van der Waals surface area contributed by atoms with E-state index in [1.54, 1.807) is 12.4 Å². The van der Waals surface area contributed by atoms with E-state index in [0.29, 0.717) is 11.3 Å². The minimum Gasteiger partial charge on any atom is -0.289 e. The van der Waals surface area contributed by atoms with Crippen LogP contribution in [0.5, 0.6) is 0 Å². The molecule has 0 atom stereocenters. The van der Waals surface area contributed by atoms with Crippen LogP contribution in [0.25, 0.3) is 28.2 Å². The van der Waals surface area contributed by atoms with Crippen LogP contribution in [0, 0.1) is 6.92 Å². The number of H-pyrrole nitrogens is 1. The van der Waals surface area contributed by atoms with Gasteiger partial charge in [0.25, 0.3) is 5.56 Å². The van der Waals surface area contributed by atoms with Crippen molar-refractivity contribution >= 4 is 5.65 Å². The van der Waals surface area contributed by atoms with Gasteiger partial charge in [-0.1, -0.05) is 29.8 Å². The minimum atomic E-state index is -0.146. The predicted molar refractivity (Wildman–Crippen MR) is 89.2 cm³/mol. The van der Waals surface area contributed by atoms with E-state index in [1.807, 2.05) is 49.4 Å². The van der Waals surface area contributed by atoms with Gasteiger partial charge in [0.2, 0.25) is 0 Å². The van der Waals surface area contributed by atoms with Gasteiger partial charge >= 0.3 is 0 Å². The van der Waals surface area contributed by atoms with E-state index in [2.05, 4.69) is 15.1 Å². The maximum atomic E-state index is 12.3. The maximum absolute atomic E-state index is 12.3. The molecule has 3 heterocycles. The van der Waals surface area contributed by atoms with Gasteiger partial charge in [-0.25, -0.2) is 9.50 Å². The number of nitrogens with one attached hydrogen (secondary N) is 1. The number of fused-ring (bicyclic) bond motifs is 1. The molecular weight excluding hydrogens is 288 g/mol. The van der Waals surface area contributed by atoms with Crippen molar-refractivity contribution < 1.29 is 0 Å². The Bertz CT molecular complexity index is 1030. The number of aryl methyl sites for hydroxylation is 1. The molecule has 5 nitrogen and oxygen atoms in total. The van der Waals surface area contributed by atoms with Crippen LogP contribution in [0.2, 0.25) is 0 Å². The summed E-state index contributed by atoms with van der Waals surface area (Å²) in [6.07, 6.45) is 3.40. The quantitative estimate of drug-likeness (QED) is 0.619. The summed E-state index contributed by atoms with van der Waals surface area (Å²) in [6.45, 7) is 2.04. The largest absolute Gasteiger partial charge is 0.289 e. The van der Waals surface area contributed by atoms with Crippen molar-refractivity contribution in [3.05, 3.63) is 76.8 Å². The van der Waals surface area contributed by atoms with Crippen LogP contribution in [0.1, 0.15) is 5.56 Å². The second kappa shape index (κ2) is 5.21. The molecule has 23 heavy (non-hydrogen) atoms. The Kier molecular flexibility index (Phi) is 3.05. The van der Waals surface area contributed by atoms with Crippen molar-refractivity contribution in [3.8, 4) is 22.5 Å². The highest BCUT2D eigenvalue weighted by molar-refractivity contribution is 5.66. The van der Waals surface area contributed by atoms with E-state index >= 15 is 0 Å². The Hall–Kier alpha value is -3.21. The molecule has 3 aromatic heterocycles. The number of rotatable bonds is 2. The maximum Gasteiger partial charge on any atom is 0.273 e. The first-order valence-corrected chi connectivity index (χ1v) is 7.31. The molecule has 0 aliphatic carbocycles. The molecule has 0 aliphatic heterocycles. The van der Waals surface area contributed by atoms with Gasteiger partial charge in [0.05, 0.1) is 11.4 Å². The van der Waals surface area contributed by atoms with Crippen LogP contribution >= 0.6 is 0 Å². The van der Waals surface area contributed by atoms with Crippen molar-refractivity contribution in [1.82, 2.24) is 19.6 Å². The number of aromatic nitrogens is 4. The summed E-state index contributed by atoms with van der Waals surface area (Å²) in [6, 6.07) is 15.2. The zero-order chi connectivity index (χ0) is 15.8. The lowest BCUT2D eigenvalue weighted by Gasteiger charge is -2.00. The van der Waals surface area contributed by atoms with E-state index < -0.39 is 0 Å². The molecule has 0 amide bonds. The van der Waals surface area contributed by atoms with E-state index in [0.717, 1.165) is 16.8 Å². The molecule has 112 valence electrons. The van der Waals surface area contributed by atoms with E-state index in [-0.39, 0.29) is 5.56 Å². The molecule has 0 saturated heterocycles. The first-order chi connectivity index (χ1) is 11.2. The Morgan fingerprint density at radius 1 is 1.04 bits per heavy atom. The molecule has 0 radical (unpaired) electrons. The molecule has 0 aliphatic rings. The Morgan fingerprint density at radius 3 is 2.61 bits per heavy atom. The molecule has 4 rings (SSSR count). The smallest absolute Gasteiger partial charge is 0.273 e. The number of nitrogens with zero attached hydrogens (tertiary/aromatic N) is 3. The summed E-state index contributed by atoms with van der Waals surface area (Å²) < 4.78 is 1.45. The highest BCUT2D eigenvalue weighted by Gasteiger charge is 2.09. The fourth-order valence-electron chi connectivity index (χ4n) is 2.53. The average molecular weight is 302 g/mol. The SMILES string of the molecule is Cc1ccc(-c2cc3nc(-c4cccnc4)cc(=O)n3[nH]2)cc1. The zero-order valence-electron chi connectivity index (χ0n) is 12.5. The van der Waals surface area contributed by atoms with Crippen molar-refractivity contribution in [2.45, 2.75) is 6.92 Å². The molecule has 4 aromatic rings. The highest BCUT2D eigenvalue weighted by Crippen LogP contribution is 2.20. The van der Waals surface area contributed by atoms with Gasteiger partial charge in [-0.15, -0.1) is 0 Å². The Labute approximate surface area is 132 Å². The average Bonchev–Trinajstić information content (AvgIpc) is 3.01. The van der Waals surface area contributed by atoms with Gasteiger partial charge < -0.3 is 0 Å². The second-order valence-corrected chi connectivity index (χ2v) is 5.45. The van der Waals surface area contributed by atoms with Gasteiger partial charge in [0.1, 0.15) is 0 Å². The number of hydrogen-bond donors (Lipinski definition) is 1. The predicted octanol–water partition coefficient (Wildman–Crippen LogP) is 3.06. The number of pyridine rings is 1. The van der Waals surface area contributed by atoms with Crippen LogP contribution in [0.15, 0.2) is 65.7 Å². The topological polar surface area (TPSA) is 63.1 Å². The van der Waals surface area contributed by atoms with Crippen LogP contribution in [0.4, 0.5) is 0 Å². The monoisotopic (exact) mass is 302 g/mol. The standard InChI is InChI=1S/C18H14N4O/c1-12-4-6-13(7-5-12)16-9-17-20-15(10-18(23)22(17)21-16)14-3-2-8-19-11-14/h2-11,21H,1H3. The number of aromatic amines is 1. The summed E-state index contributed by atoms with van der Waals surface area (Å²) in [5, 5.41) is 3.10. The van der Waals surface area contributed by atoms with Gasteiger partial charge in [-0.2, -0.15) is 0 Å². The molecule has 0 fully saturated rings. The molecule has 0 spiro atoms. The van der Waals surface area contributed by atoms with Gasteiger partial charge in [-0.05, 0) is 24.6 Å². The fourth-order valence-corrected chi connectivity index (χ4v) is 2.53. The Morgan fingerprint density at radius 2 is 1.87 bits per heavy atom. The molecule has 0 saturated carbocycles. The van der Waals surface area contributed by atoms with Crippen LogP contribution < -0.4 is 5.56 Å². The first kappa shape index (κ1) is 13.5. The van der Waals surface area contributed by atoms with Crippen LogP contribution in [-0.4, -0.2) is 19.6 Å². The minimum absolute atomic E-state index is 0.146. The fraction of sp³-hybridized carbons (Fsp3) is 0.0556. The van der Waals surface area contributed by atoms with Crippen molar-refractivity contribution in [2.24, 2.45) is 0 Å². The van der Waals surface area contributed by atoms with Crippen LogP contribution in [0.3, 0.4) is 0 Å². The summed E-state index contributed by atoms with van der Waals surface area (Å²) >= 11 is 0. The summed E-state index contributed by atoms with van der Waals surface area (Å²) in [5.74, 6) is 0. The molecule has 1 N–H and O–H groups in total. The van der Waals surface area contributed by atoms with E-state index in [4.69, 9.17) is 0 Å². The lowest BCUT2D eigenvalue weighted by atomic mass is 10.1. The van der Waals surface area contributed by atoms with Gasteiger partial charge in [0.15, 0.2) is 5.65 Å². The summed E-state index contributed by atoms with van der Waals surface area (Å²) in [5.41, 5.74) is 4.96. The normalized spacial score (nSPS) is 11.0. The van der Waals surface area contributed by atoms with Crippen molar-refractivity contribution in [1.29, 1.82) is 0 Å². The lowest BCUT2D eigenvalue weighted by Crippen LogP contribution is -2.14. The van der Waals surface area contributed by atoms with E-state index in [1.165, 1.54) is 16.1 Å². The first-order valence-electron chi connectivity index (χ1n) is 7.31.